The van der Waals surface area contributed by atoms with Gasteiger partial charge in [-0.05, 0) is 39.0 Å². The molecule has 0 saturated heterocycles. The molecule has 0 N–H and O–H groups in total. The first-order chi connectivity index (χ1) is 5.19. The summed E-state index contributed by atoms with van der Waals surface area (Å²) in [5, 5.41) is -0.0301. The zero-order valence-electron chi connectivity index (χ0n) is 8.93. The molecule has 0 radical (unpaired) electrons. The quantitative estimate of drug-likeness (QED) is 0.597. The standard InChI is InChI=1S/C9H20O2S/c1-7-12(5,6)8(10)11-9(2,3)4/h7H2,1-6H3. The van der Waals surface area contributed by atoms with Crippen LogP contribution in [0.25, 0.3) is 0 Å². The van der Waals surface area contributed by atoms with Crippen molar-refractivity contribution in [2.75, 3.05) is 18.3 Å². The fourth-order valence-electron chi connectivity index (χ4n) is 0.481. The molecule has 0 heterocycles. The third-order valence-corrected chi connectivity index (χ3v) is 3.99. The van der Waals surface area contributed by atoms with E-state index in [-0.39, 0.29) is 10.9 Å². The maximum atomic E-state index is 11.5. The van der Waals surface area contributed by atoms with Crippen molar-refractivity contribution in [1.82, 2.24) is 0 Å². The molecule has 0 atom stereocenters. The van der Waals surface area contributed by atoms with Crippen molar-refractivity contribution >= 4 is 15.3 Å². The lowest BCUT2D eigenvalue weighted by Crippen LogP contribution is -2.26. The molecule has 0 saturated carbocycles. The summed E-state index contributed by atoms with van der Waals surface area (Å²) in [6, 6.07) is 0. The highest BCUT2D eigenvalue weighted by molar-refractivity contribution is 8.44. The Balaban J connectivity index is 4.23. The third-order valence-electron chi connectivity index (χ3n) is 1.56. The molecule has 2 nitrogen and oxygen atoms in total. The fourth-order valence-corrected chi connectivity index (χ4v) is 1.19. The highest BCUT2D eigenvalue weighted by Crippen LogP contribution is 2.42. The van der Waals surface area contributed by atoms with E-state index in [0.29, 0.717) is 0 Å². The van der Waals surface area contributed by atoms with Crippen LogP contribution in [0.5, 0.6) is 0 Å². The predicted octanol–water partition coefficient (Wildman–Crippen LogP) is 3.01. The topological polar surface area (TPSA) is 26.3 Å². The van der Waals surface area contributed by atoms with Gasteiger partial charge in [-0.3, -0.25) is 0 Å². The molecule has 0 aliphatic heterocycles. The maximum absolute atomic E-state index is 11.5. The molecule has 0 spiro atoms. The summed E-state index contributed by atoms with van der Waals surface area (Å²) in [5.74, 6) is 0.891. The van der Waals surface area contributed by atoms with E-state index < -0.39 is 10.0 Å². The Bertz CT molecular complexity index is 168. The highest BCUT2D eigenvalue weighted by Gasteiger charge is 2.26. The Hall–Kier alpha value is -0.180. The van der Waals surface area contributed by atoms with Crippen molar-refractivity contribution < 1.29 is 9.53 Å². The fraction of sp³-hybridized carbons (Fsp3) is 0.889. The van der Waals surface area contributed by atoms with E-state index in [2.05, 4.69) is 0 Å². The van der Waals surface area contributed by atoms with Crippen LogP contribution in [0.4, 0.5) is 4.79 Å². The molecule has 0 aliphatic rings. The molecule has 0 aliphatic carbocycles. The Morgan fingerprint density at radius 3 is 2.00 bits per heavy atom. The van der Waals surface area contributed by atoms with Crippen LogP contribution in [0, 0.1) is 0 Å². The van der Waals surface area contributed by atoms with Crippen molar-refractivity contribution in [1.29, 1.82) is 0 Å². The summed E-state index contributed by atoms with van der Waals surface area (Å²) in [5.41, 5.74) is -0.351. The molecule has 0 aromatic rings. The number of carbonyl (C=O) groups is 1. The molecule has 0 aromatic heterocycles. The van der Waals surface area contributed by atoms with Gasteiger partial charge < -0.3 is 4.74 Å². The van der Waals surface area contributed by atoms with E-state index in [4.69, 9.17) is 4.74 Å². The lowest BCUT2D eigenvalue weighted by atomic mass is 10.2. The second-order valence-corrected chi connectivity index (χ2v) is 8.28. The van der Waals surface area contributed by atoms with Gasteiger partial charge in [0.05, 0.1) is 0 Å². The number of carbonyl (C=O) groups excluding carboxylic acids is 1. The summed E-state index contributed by atoms with van der Waals surface area (Å²) >= 11 is 0. The van der Waals surface area contributed by atoms with E-state index in [1.165, 1.54) is 0 Å². The van der Waals surface area contributed by atoms with Gasteiger partial charge in [0.2, 0.25) is 0 Å². The second-order valence-electron chi connectivity index (χ2n) is 4.29. The Labute approximate surface area is 77.0 Å². The van der Waals surface area contributed by atoms with Crippen LogP contribution < -0.4 is 0 Å². The molecule has 0 rings (SSSR count). The average Bonchev–Trinajstić information content (AvgIpc) is 1.84. The lowest BCUT2D eigenvalue weighted by molar-refractivity contribution is 0.0731. The van der Waals surface area contributed by atoms with Gasteiger partial charge in [0.15, 0.2) is 0 Å². The molecule has 12 heavy (non-hydrogen) atoms. The van der Waals surface area contributed by atoms with Crippen LogP contribution >= 0.6 is 10.0 Å². The van der Waals surface area contributed by atoms with Crippen LogP contribution in [-0.4, -0.2) is 29.2 Å². The van der Waals surface area contributed by atoms with Gasteiger partial charge >= 0.3 is 5.30 Å². The predicted molar refractivity (Wildman–Crippen MR) is 56.2 cm³/mol. The van der Waals surface area contributed by atoms with E-state index in [1.807, 2.05) is 40.2 Å². The minimum Gasteiger partial charge on any atom is -0.453 e. The summed E-state index contributed by atoms with van der Waals surface area (Å²) in [7, 11) is -1.19. The van der Waals surface area contributed by atoms with Gasteiger partial charge in [-0.1, -0.05) is 6.92 Å². The molecule has 0 aromatic carbocycles. The number of rotatable bonds is 1. The molecular formula is C9H20O2S. The van der Waals surface area contributed by atoms with Crippen LogP contribution in [0.2, 0.25) is 0 Å². The summed E-state index contributed by atoms with van der Waals surface area (Å²) in [6.07, 6.45) is 3.97. The first-order valence-corrected chi connectivity index (χ1v) is 6.75. The number of ether oxygens (including phenoxy) is 1. The molecule has 0 unspecified atom stereocenters. The van der Waals surface area contributed by atoms with E-state index in [0.717, 1.165) is 5.75 Å². The van der Waals surface area contributed by atoms with Gasteiger partial charge in [-0.15, -0.1) is 10.0 Å². The maximum Gasteiger partial charge on any atom is 0.349 e. The molecular weight excluding hydrogens is 172 g/mol. The summed E-state index contributed by atoms with van der Waals surface area (Å²) < 4.78 is 5.29. The van der Waals surface area contributed by atoms with Crippen LogP contribution in [0.15, 0.2) is 0 Å². The van der Waals surface area contributed by atoms with Crippen molar-refractivity contribution in [3.63, 3.8) is 0 Å². The SMILES string of the molecule is CCS(C)(C)C(=O)OC(C)(C)C. The highest BCUT2D eigenvalue weighted by atomic mass is 32.3. The van der Waals surface area contributed by atoms with Gasteiger partial charge in [0.25, 0.3) is 0 Å². The summed E-state index contributed by atoms with van der Waals surface area (Å²) in [4.78, 5) is 11.5. The molecule has 0 amide bonds. The minimum atomic E-state index is -1.19. The zero-order valence-corrected chi connectivity index (χ0v) is 9.75. The molecule has 74 valence electrons. The molecule has 0 bridgehead atoms. The van der Waals surface area contributed by atoms with Crippen molar-refractivity contribution in [3.05, 3.63) is 0 Å². The summed E-state index contributed by atoms with van der Waals surface area (Å²) in [6.45, 7) is 7.72. The second kappa shape index (κ2) is 3.69. The number of hydrogen-bond acceptors (Lipinski definition) is 2. The molecule has 0 fully saturated rings. The smallest absolute Gasteiger partial charge is 0.349 e. The Kier molecular flexibility index (Phi) is 3.63. The van der Waals surface area contributed by atoms with Crippen LogP contribution in [0.1, 0.15) is 27.7 Å². The third kappa shape index (κ3) is 4.00. The largest absolute Gasteiger partial charge is 0.453 e. The van der Waals surface area contributed by atoms with Crippen LogP contribution in [-0.2, 0) is 4.74 Å². The first-order valence-electron chi connectivity index (χ1n) is 4.13. The van der Waals surface area contributed by atoms with E-state index >= 15 is 0 Å². The monoisotopic (exact) mass is 192 g/mol. The first kappa shape index (κ1) is 11.8. The molecule has 3 heteroatoms. The minimum absolute atomic E-state index is 0.0301. The van der Waals surface area contributed by atoms with Crippen molar-refractivity contribution in [2.24, 2.45) is 0 Å². The van der Waals surface area contributed by atoms with Gasteiger partial charge in [-0.25, -0.2) is 4.79 Å². The lowest BCUT2D eigenvalue weighted by Gasteiger charge is -2.31. The van der Waals surface area contributed by atoms with E-state index in [1.54, 1.807) is 0 Å². The van der Waals surface area contributed by atoms with Gasteiger partial charge in [-0.2, -0.15) is 0 Å². The normalized spacial score (nSPS) is 14.2. The average molecular weight is 192 g/mol. The zero-order chi connectivity index (χ0) is 9.99. The van der Waals surface area contributed by atoms with Gasteiger partial charge in [0.1, 0.15) is 5.60 Å². The van der Waals surface area contributed by atoms with Gasteiger partial charge in [0, 0.05) is 0 Å². The van der Waals surface area contributed by atoms with Crippen molar-refractivity contribution in [3.8, 4) is 0 Å². The number of hydrogen-bond donors (Lipinski definition) is 0. The van der Waals surface area contributed by atoms with Crippen molar-refractivity contribution in [2.45, 2.75) is 33.3 Å². The Morgan fingerprint density at radius 2 is 1.75 bits per heavy atom. The Morgan fingerprint density at radius 1 is 1.33 bits per heavy atom. The van der Waals surface area contributed by atoms with E-state index in [9.17, 15) is 4.79 Å². The van der Waals surface area contributed by atoms with Crippen LogP contribution in [0.3, 0.4) is 0 Å².